The van der Waals surface area contributed by atoms with Crippen molar-refractivity contribution in [3.63, 3.8) is 0 Å². The maximum absolute atomic E-state index is 10.4. The quantitative estimate of drug-likeness (QED) is 0.899. The van der Waals surface area contributed by atoms with Crippen molar-refractivity contribution >= 4 is 0 Å². The van der Waals surface area contributed by atoms with Crippen molar-refractivity contribution in [3.8, 4) is 0 Å². The van der Waals surface area contributed by atoms with E-state index in [1.54, 1.807) is 0 Å². The average Bonchev–Trinajstić information content (AvgIpc) is 2.86. The van der Waals surface area contributed by atoms with Crippen molar-refractivity contribution in [1.29, 1.82) is 0 Å². The number of hydrogen-bond acceptors (Lipinski definition) is 2. The Kier molecular flexibility index (Phi) is 3.46. The summed E-state index contributed by atoms with van der Waals surface area (Å²) in [7, 11) is 2.24. The van der Waals surface area contributed by atoms with Crippen molar-refractivity contribution in [2.75, 3.05) is 13.6 Å². The molecular formula is C17H28N2O. The van der Waals surface area contributed by atoms with Gasteiger partial charge in [-0.3, -0.25) is 0 Å². The highest BCUT2D eigenvalue weighted by molar-refractivity contribution is 5.33. The van der Waals surface area contributed by atoms with Gasteiger partial charge in [-0.2, -0.15) is 0 Å². The molecule has 2 aliphatic rings. The number of likely N-dealkylation sites (N-methyl/N-ethyl adjacent to an activating group) is 1. The topological polar surface area (TPSA) is 28.4 Å². The highest BCUT2D eigenvalue weighted by Gasteiger charge is 2.34. The standard InChI is InChI=1S/C17H28N2O/c1-12-8-14-15(9-17(2,3)10-16(14)20)19(12)11-13-6-5-7-18(13)4/h8,13,16,20H,5-7,9-11H2,1-4H3. The van der Waals surface area contributed by atoms with E-state index in [0.29, 0.717) is 6.04 Å². The molecule has 0 spiro atoms. The summed E-state index contributed by atoms with van der Waals surface area (Å²) in [5, 5.41) is 10.4. The number of likely N-dealkylation sites (tertiary alicyclic amines) is 1. The summed E-state index contributed by atoms with van der Waals surface area (Å²) in [4.78, 5) is 2.48. The molecule has 1 aromatic heterocycles. The average molecular weight is 276 g/mol. The summed E-state index contributed by atoms with van der Waals surface area (Å²) in [6.07, 6.45) is 4.30. The molecule has 0 aromatic carbocycles. The number of aliphatic hydroxyl groups is 1. The van der Waals surface area contributed by atoms with Gasteiger partial charge in [0.15, 0.2) is 0 Å². The Morgan fingerprint density at radius 1 is 1.40 bits per heavy atom. The van der Waals surface area contributed by atoms with E-state index in [1.165, 1.54) is 36.3 Å². The Labute approximate surface area is 122 Å². The summed E-state index contributed by atoms with van der Waals surface area (Å²) >= 11 is 0. The molecule has 1 aliphatic carbocycles. The SMILES string of the molecule is Cc1cc2c(n1CC1CCCN1C)CC(C)(C)CC2O. The van der Waals surface area contributed by atoms with Gasteiger partial charge in [-0.15, -0.1) is 0 Å². The van der Waals surface area contributed by atoms with Crippen LogP contribution in [-0.2, 0) is 13.0 Å². The monoisotopic (exact) mass is 276 g/mol. The Balaban J connectivity index is 1.92. The molecule has 0 amide bonds. The number of hydrogen-bond donors (Lipinski definition) is 1. The predicted octanol–water partition coefficient (Wildman–Crippen LogP) is 2.90. The molecule has 0 bridgehead atoms. The highest BCUT2D eigenvalue weighted by atomic mass is 16.3. The lowest BCUT2D eigenvalue weighted by molar-refractivity contribution is 0.0974. The summed E-state index contributed by atoms with van der Waals surface area (Å²) in [5.74, 6) is 0. The van der Waals surface area contributed by atoms with Gasteiger partial charge in [0.1, 0.15) is 0 Å². The molecule has 1 aromatic rings. The lowest BCUT2D eigenvalue weighted by atomic mass is 9.75. The van der Waals surface area contributed by atoms with Gasteiger partial charge < -0.3 is 14.6 Å². The lowest BCUT2D eigenvalue weighted by Gasteiger charge is -2.34. The molecule has 3 heteroatoms. The first-order chi connectivity index (χ1) is 9.37. The molecular weight excluding hydrogens is 248 g/mol. The number of fused-ring (bicyclic) bond motifs is 1. The predicted molar refractivity (Wildman–Crippen MR) is 81.9 cm³/mol. The van der Waals surface area contributed by atoms with E-state index in [-0.39, 0.29) is 11.5 Å². The number of aromatic nitrogens is 1. The zero-order valence-electron chi connectivity index (χ0n) is 13.3. The van der Waals surface area contributed by atoms with Crippen LogP contribution in [0, 0.1) is 12.3 Å². The molecule has 1 N–H and O–H groups in total. The Hall–Kier alpha value is -0.800. The minimum atomic E-state index is -0.282. The van der Waals surface area contributed by atoms with Gasteiger partial charge in [-0.05, 0) is 57.7 Å². The van der Waals surface area contributed by atoms with Crippen molar-refractivity contribution in [2.24, 2.45) is 5.41 Å². The Morgan fingerprint density at radius 3 is 2.80 bits per heavy atom. The number of aliphatic hydroxyl groups excluding tert-OH is 1. The summed E-state index contributed by atoms with van der Waals surface area (Å²) < 4.78 is 2.48. The van der Waals surface area contributed by atoms with Crippen LogP contribution in [0.15, 0.2) is 6.07 Å². The first-order valence-corrected chi connectivity index (χ1v) is 7.94. The van der Waals surface area contributed by atoms with E-state index < -0.39 is 0 Å². The molecule has 1 saturated heterocycles. The molecule has 2 atom stereocenters. The number of rotatable bonds is 2. The van der Waals surface area contributed by atoms with Crippen molar-refractivity contribution in [3.05, 3.63) is 23.0 Å². The van der Waals surface area contributed by atoms with Gasteiger partial charge in [0.05, 0.1) is 6.10 Å². The smallest absolute Gasteiger partial charge is 0.0812 e. The first kappa shape index (κ1) is 14.2. The van der Waals surface area contributed by atoms with Crippen LogP contribution >= 0.6 is 0 Å². The van der Waals surface area contributed by atoms with Gasteiger partial charge in [-0.25, -0.2) is 0 Å². The normalized spacial score (nSPS) is 29.6. The molecule has 3 nitrogen and oxygen atoms in total. The minimum absolute atomic E-state index is 0.205. The van der Waals surface area contributed by atoms with E-state index in [0.717, 1.165) is 19.4 Å². The van der Waals surface area contributed by atoms with Crippen LogP contribution in [0.1, 0.15) is 56.2 Å². The van der Waals surface area contributed by atoms with Crippen LogP contribution in [0.2, 0.25) is 0 Å². The van der Waals surface area contributed by atoms with Crippen LogP contribution < -0.4 is 0 Å². The Bertz CT molecular complexity index is 503. The third-order valence-corrected chi connectivity index (χ3v) is 5.26. The first-order valence-electron chi connectivity index (χ1n) is 7.94. The lowest BCUT2D eigenvalue weighted by Crippen LogP contribution is -2.32. The van der Waals surface area contributed by atoms with E-state index in [2.05, 4.69) is 43.4 Å². The second-order valence-electron chi connectivity index (χ2n) is 7.64. The van der Waals surface area contributed by atoms with Crippen LogP contribution in [0.4, 0.5) is 0 Å². The van der Waals surface area contributed by atoms with Gasteiger partial charge in [0.2, 0.25) is 0 Å². The zero-order chi connectivity index (χ0) is 14.5. The Morgan fingerprint density at radius 2 is 2.15 bits per heavy atom. The fourth-order valence-corrected chi connectivity index (χ4v) is 4.07. The maximum Gasteiger partial charge on any atom is 0.0812 e. The van der Waals surface area contributed by atoms with Gasteiger partial charge in [0.25, 0.3) is 0 Å². The van der Waals surface area contributed by atoms with E-state index in [9.17, 15) is 5.11 Å². The molecule has 3 rings (SSSR count). The summed E-state index contributed by atoms with van der Waals surface area (Å²) in [5.41, 5.74) is 4.08. The summed E-state index contributed by atoms with van der Waals surface area (Å²) in [6.45, 7) is 9.04. The van der Waals surface area contributed by atoms with E-state index in [1.807, 2.05) is 0 Å². The summed E-state index contributed by atoms with van der Waals surface area (Å²) in [6, 6.07) is 2.87. The molecule has 0 radical (unpaired) electrons. The largest absolute Gasteiger partial charge is 0.388 e. The van der Waals surface area contributed by atoms with Gasteiger partial charge >= 0.3 is 0 Å². The molecule has 2 heterocycles. The van der Waals surface area contributed by atoms with Crippen LogP contribution in [-0.4, -0.2) is 34.2 Å². The molecule has 112 valence electrons. The van der Waals surface area contributed by atoms with Gasteiger partial charge in [0, 0.05) is 29.5 Å². The van der Waals surface area contributed by atoms with Gasteiger partial charge in [-0.1, -0.05) is 13.8 Å². The fraction of sp³-hybridized carbons (Fsp3) is 0.765. The maximum atomic E-state index is 10.4. The minimum Gasteiger partial charge on any atom is -0.388 e. The third-order valence-electron chi connectivity index (χ3n) is 5.26. The van der Waals surface area contributed by atoms with E-state index >= 15 is 0 Å². The molecule has 1 aliphatic heterocycles. The zero-order valence-corrected chi connectivity index (χ0v) is 13.3. The molecule has 1 fully saturated rings. The molecule has 20 heavy (non-hydrogen) atoms. The van der Waals surface area contributed by atoms with Crippen molar-refractivity contribution in [2.45, 2.75) is 65.1 Å². The second-order valence-corrected chi connectivity index (χ2v) is 7.64. The molecule has 2 unspecified atom stereocenters. The van der Waals surface area contributed by atoms with Crippen molar-refractivity contribution < 1.29 is 5.11 Å². The molecule has 0 saturated carbocycles. The number of nitrogens with zero attached hydrogens (tertiary/aromatic N) is 2. The van der Waals surface area contributed by atoms with Crippen LogP contribution in [0.25, 0.3) is 0 Å². The second kappa shape index (κ2) is 4.88. The number of aryl methyl sites for hydroxylation is 1. The van der Waals surface area contributed by atoms with E-state index in [4.69, 9.17) is 0 Å². The van der Waals surface area contributed by atoms with Crippen LogP contribution in [0.3, 0.4) is 0 Å². The van der Waals surface area contributed by atoms with Crippen LogP contribution in [0.5, 0.6) is 0 Å². The fourth-order valence-electron chi connectivity index (χ4n) is 4.07. The van der Waals surface area contributed by atoms with Crippen molar-refractivity contribution in [1.82, 2.24) is 9.47 Å². The third kappa shape index (κ3) is 2.42. The highest BCUT2D eigenvalue weighted by Crippen LogP contribution is 2.42.